The van der Waals surface area contributed by atoms with Gasteiger partial charge in [0, 0.05) is 37.0 Å². The van der Waals surface area contributed by atoms with Crippen LogP contribution in [0.2, 0.25) is 0 Å². The maximum Gasteiger partial charge on any atom is 0.227 e. The minimum Gasteiger partial charge on any atom is -0.508 e. The van der Waals surface area contributed by atoms with Crippen LogP contribution in [0.4, 0.5) is 4.39 Å². The van der Waals surface area contributed by atoms with Gasteiger partial charge in [0.1, 0.15) is 11.6 Å². The molecule has 4 atom stereocenters. The number of piperidine rings is 1. The third-order valence-corrected chi connectivity index (χ3v) is 8.43. The zero-order valence-electron chi connectivity index (χ0n) is 23.4. The van der Waals surface area contributed by atoms with Crippen LogP contribution in [0.3, 0.4) is 0 Å². The largest absolute Gasteiger partial charge is 0.508 e. The van der Waals surface area contributed by atoms with Crippen molar-refractivity contribution in [3.05, 3.63) is 65.0 Å². The van der Waals surface area contributed by atoms with Gasteiger partial charge in [-0.05, 0) is 89.1 Å². The normalized spacial score (nSPS) is 23.9. The number of phenols is 1. The van der Waals surface area contributed by atoms with E-state index in [0.717, 1.165) is 38.8 Å². The highest BCUT2D eigenvalue weighted by Crippen LogP contribution is 2.42. The van der Waals surface area contributed by atoms with Crippen LogP contribution < -0.4 is 0 Å². The zero-order valence-corrected chi connectivity index (χ0v) is 23.4. The number of aromatic hydroxyl groups is 1. The summed E-state index contributed by atoms with van der Waals surface area (Å²) in [5.74, 6) is -2.28. The lowest BCUT2D eigenvalue weighted by molar-refractivity contribution is -0.140. The smallest absolute Gasteiger partial charge is 0.227 e. The van der Waals surface area contributed by atoms with Crippen LogP contribution in [0, 0.1) is 24.6 Å². The maximum absolute atomic E-state index is 14.9. The van der Waals surface area contributed by atoms with Crippen LogP contribution >= 0.6 is 0 Å². The van der Waals surface area contributed by atoms with Crippen molar-refractivity contribution in [1.82, 2.24) is 14.7 Å². The summed E-state index contributed by atoms with van der Waals surface area (Å²) in [6.45, 7) is 4.82. The third-order valence-electron chi connectivity index (χ3n) is 8.43. The average Bonchev–Trinajstić information content (AvgIpc) is 3.40. The van der Waals surface area contributed by atoms with Gasteiger partial charge in [-0.3, -0.25) is 9.59 Å². The first-order chi connectivity index (χ1) is 18.7. The molecule has 0 spiro atoms. The van der Waals surface area contributed by atoms with E-state index >= 15 is 0 Å². The Morgan fingerprint density at radius 3 is 2.54 bits per heavy atom. The number of hydrogen-bond donors (Lipinski definition) is 2. The van der Waals surface area contributed by atoms with Crippen LogP contribution in [0.5, 0.6) is 5.75 Å². The maximum atomic E-state index is 14.9. The average molecular weight is 540 g/mol. The standard InChI is InChI=1S/C31H42FN3O4/c1-21-25(12-7-13-28(21)32)29-26(30(38)22-9-6-11-24(37)17-22)18-34(15-5-4-14-33(2)3)19-27(29)31(39)35-16-8-10-23(35)20-36/h6-7,9,11-13,17,23,26-27,29,36-37H,4-5,8,10,14-16,18-20H2,1-3H3/t23-,26?,27?,29?/m0/s1. The first-order valence-corrected chi connectivity index (χ1v) is 14.1. The second-order valence-electron chi connectivity index (χ2n) is 11.4. The van der Waals surface area contributed by atoms with Crippen molar-refractivity contribution in [1.29, 1.82) is 0 Å². The van der Waals surface area contributed by atoms with E-state index in [1.807, 2.05) is 20.2 Å². The number of carbonyl (C=O) groups is 2. The molecule has 39 heavy (non-hydrogen) atoms. The van der Waals surface area contributed by atoms with Crippen molar-refractivity contribution in [2.75, 3.05) is 53.4 Å². The Bertz CT molecular complexity index is 1160. The van der Waals surface area contributed by atoms with E-state index in [-0.39, 0.29) is 35.9 Å². The molecule has 0 saturated carbocycles. The lowest BCUT2D eigenvalue weighted by Gasteiger charge is -2.45. The molecule has 2 N–H and O–H groups in total. The number of amides is 1. The molecular weight excluding hydrogens is 497 g/mol. The number of carbonyl (C=O) groups excluding carboxylic acids is 2. The summed E-state index contributed by atoms with van der Waals surface area (Å²) in [5.41, 5.74) is 1.52. The van der Waals surface area contributed by atoms with E-state index in [9.17, 15) is 24.2 Å². The van der Waals surface area contributed by atoms with Gasteiger partial charge in [0.25, 0.3) is 0 Å². The topological polar surface area (TPSA) is 84.3 Å². The predicted molar refractivity (Wildman–Crippen MR) is 149 cm³/mol. The monoisotopic (exact) mass is 539 g/mol. The van der Waals surface area contributed by atoms with E-state index in [2.05, 4.69) is 9.80 Å². The van der Waals surface area contributed by atoms with Gasteiger partial charge < -0.3 is 24.9 Å². The van der Waals surface area contributed by atoms with Crippen molar-refractivity contribution in [2.24, 2.45) is 11.8 Å². The Morgan fingerprint density at radius 1 is 1.08 bits per heavy atom. The molecule has 0 radical (unpaired) electrons. The molecular formula is C31H42FN3O4. The molecule has 2 aliphatic rings. The summed E-state index contributed by atoms with van der Waals surface area (Å²) < 4.78 is 14.9. The van der Waals surface area contributed by atoms with Gasteiger partial charge >= 0.3 is 0 Å². The molecule has 212 valence electrons. The molecule has 0 bridgehead atoms. The lowest BCUT2D eigenvalue weighted by atomic mass is 9.69. The number of rotatable bonds is 10. The molecule has 0 aliphatic carbocycles. The Hall–Kier alpha value is -2.81. The number of aliphatic hydroxyl groups excluding tert-OH is 1. The molecule has 2 aromatic carbocycles. The van der Waals surface area contributed by atoms with Crippen molar-refractivity contribution in [2.45, 2.75) is 44.6 Å². The van der Waals surface area contributed by atoms with Crippen molar-refractivity contribution in [3.63, 3.8) is 0 Å². The summed E-state index contributed by atoms with van der Waals surface area (Å²) in [4.78, 5) is 34.4. The Balaban J connectivity index is 1.75. The number of benzene rings is 2. The molecule has 3 unspecified atom stereocenters. The fourth-order valence-electron chi connectivity index (χ4n) is 6.38. The van der Waals surface area contributed by atoms with Gasteiger partial charge in [0.2, 0.25) is 5.91 Å². The Morgan fingerprint density at radius 2 is 1.82 bits per heavy atom. The van der Waals surface area contributed by atoms with E-state index in [0.29, 0.717) is 36.3 Å². The molecule has 4 rings (SSSR count). The van der Waals surface area contributed by atoms with Gasteiger partial charge in [-0.15, -0.1) is 0 Å². The number of ketones is 1. The summed E-state index contributed by atoms with van der Waals surface area (Å²) in [5, 5.41) is 20.1. The van der Waals surface area contributed by atoms with E-state index < -0.39 is 17.8 Å². The lowest BCUT2D eigenvalue weighted by Crippen LogP contribution is -2.54. The number of aliphatic hydroxyl groups is 1. The van der Waals surface area contributed by atoms with Crippen molar-refractivity contribution < 1.29 is 24.2 Å². The predicted octanol–water partition coefficient (Wildman–Crippen LogP) is 3.68. The number of likely N-dealkylation sites (tertiary alicyclic amines) is 2. The van der Waals surface area contributed by atoms with Crippen molar-refractivity contribution in [3.8, 4) is 5.75 Å². The van der Waals surface area contributed by atoms with Crippen LogP contribution in [-0.4, -0.2) is 96.1 Å². The number of phenolic OH excluding ortho intramolecular Hbond substituents is 1. The highest BCUT2D eigenvalue weighted by Gasteiger charge is 2.47. The number of unbranched alkanes of at least 4 members (excludes halogenated alkanes) is 1. The molecule has 7 nitrogen and oxygen atoms in total. The van der Waals surface area contributed by atoms with Gasteiger partial charge in [-0.25, -0.2) is 4.39 Å². The molecule has 2 aliphatic heterocycles. The zero-order chi connectivity index (χ0) is 28.1. The van der Waals surface area contributed by atoms with Crippen molar-refractivity contribution >= 4 is 11.7 Å². The van der Waals surface area contributed by atoms with E-state index in [1.165, 1.54) is 18.2 Å². The number of Topliss-reactive ketones (excluding diaryl/α,β-unsaturated/α-hetero) is 1. The summed E-state index contributed by atoms with van der Waals surface area (Å²) >= 11 is 0. The fraction of sp³-hybridized carbons (Fsp3) is 0.548. The summed E-state index contributed by atoms with van der Waals surface area (Å²) in [7, 11) is 4.08. The molecule has 2 saturated heterocycles. The molecule has 8 heteroatoms. The Labute approximate surface area is 231 Å². The third kappa shape index (κ3) is 6.68. The second-order valence-corrected chi connectivity index (χ2v) is 11.4. The van der Waals surface area contributed by atoms with Gasteiger partial charge in [0.15, 0.2) is 5.78 Å². The van der Waals surface area contributed by atoms with Gasteiger partial charge in [-0.2, -0.15) is 0 Å². The Kier molecular flexibility index (Phi) is 9.75. The number of hydrogen-bond acceptors (Lipinski definition) is 6. The quantitative estimate of drug-likeness (QED) is 0.354. The summed E-state index contributed by atoms with van der Waals surface area (Å²) in [6, 6.07) is 11.0. The minimum absolute atomic E-state index is 0.00571. The van der Waals surface area contributed by atoms with Crippen LogP contribution in [0.15, 0.2) is 42.5 Å². The first kappa shape index (κ1) is 29.2. The molecule has 2 fully saturated rings. The molecule has 2 heterocycles. The SMILES string of the molecule is Cc1c(F)cccc1C1C(C(=O)c2cccc(O)c2)CN(CCCCN(C)C)CC1C(=O)N1CCC[C@H]1CO. The highest BCUT2D eigenvalue weighted by atomic mass is 19.1. The van der Waals surface area contributed by atoms with Gasteiger partial charge in [-0.1, -0.05) is 24.3 Å². The molecule has 0 aromatic heterocycles. The second kappa shape index (κ2) is 13.0. The van der Waals surface area contributed by atoms with Gasteiger partial charge in [0.05, 0.1) is 18.6 Å². The van der Waals surface area contributed by atoms with E-state index in [1.54, 1.807) is 30.0 Å². The van der Waals surface area contributed by atoms with Crippen LogP contribution in [-0.2, 0) is 4.79 Å². The molecule has 1 amide bonds. The number of nitrogens with zero attached hydrogens (tertiary/aromatic N) is 3. The fourth-order valence-corrected chi connectivity index (χ4v) is 6.38. The first-order valence-electron chi connectivity index (χ1n) is 14.1. The minimum atomic E-state index is -0.598. The molecule has 2 aromatic rings. The van der Waals surface area contributed by atoms with Crippen LogP contribution in [0.1, 0.15) is 53.1 Å². The van der Waals surface area contributed by atoms with Crippen LogP contribution in [0.25, 0.3) is 0 Å². The highest BCUT2D eigenvalue weighted by molar-refractivity contribution is 5.99. The van der Waals surface area contributed by atoms with E-state index in [4.69, 9.17) is 0 Å². The summed E-state index contributed by atoms with van der Waals surface area (Å²) in [6.07, 6.45) is 3.50. The number of halogens is 1.